The molecule has 0 rings (SSSR count). The quantitative estimate of drug-likeness (QED) is 0.673. The number of hydrogen-bond donors (Lipinski definition) is 1. The van der Waals surface area contributed by atoms with Gasteiger partial charge >= 0.3 is 0 Å². The second kappa shape index (κ2) is 11.4. The molecule has 2 N–H and O–H groups in total. The molecule has 2 heteroatoms. The molecule has 0 fully saturated rings. The lowest BCUT2D eigenvalue weighted by atomic mass is 10.1. The van der Waals surface area contributed by atoms with Crippen LogP contribution in [0.1, 0.15) is 58.8 Å². The molecule has 0 saturated heterocycles. The topological polar surface area (TPSA) is 26.0 Å². The number of unbranched alkanes of at least 4 members (excludes halogenated alkanes) is 4. The molecule has 0 aliphatic rings. The normalized spacial score (nSPS) is 12.2. The fourth-order valence-electron chi connectivity index (χ4n) is 1.21. The minimum absolute atomic E-state index is 0. The minimum atomic E-state index is 0. The molecule has 0 heterocycles. The maximum absolute atomic E-state index is 5.79. The molecule has 0 aromatic heterocycles. The highest BCUT2D eigenvalue weighted by atomic mass is 79.9. The van der Waals surface area contributed by atoms with Crippen molar-refractivity contribution in [3.63, 3.8) is 0 Å². The van der Waals surface area contributed by atoms with Crippen LogP contribution in [0.15, 0.2) is 0 Å². The number of halogens is 1. The van der Waals surface area contributed by atoms with Gasteiger partial charge in [-0.25, -0.2) is 0 Å². The molecule has 0 bridgehead atoms. The van der Waals surface area contributed by atoms with Gasteiger partial charge in [0.15, 0.2) is 0 Å². The fraction of sp³-hybridized carbons (Fsp3) is 1.00. The van der Waals surface area contributed by atoms with Crippen molar-refractivity contribution in [1.82, 2.24) is 0 Å². The average molecular weight is 238 g/mol. The van der Waals surface area contributed by atoms with E-state index in [0.29, 0.717) is 6.04 Å². The van der Waals surface area contributed by atoms with Gasteiger partial charge in [0.25, 0.3) is 0 Å². The van der Waals surface area contributed by atoms with E-state index in [9.17, 15) is 0 Å². The van der Waals surface area contributed by atoms with Crippen LogP contribution in [-0.4, -0.2) is 6.04 Å². The summed E-state index contributed by atoms with van der Waals surface area (Å²) in [5.74, 6) is 0. The van der Waals surface area contributed by atoms with Crippen molar-refractivity contribution >= 4 is 17.0 Å². The van der Waals surface area contributed by atoms with Crippen LogP contribution < -0.4 is 5.73 Å². The molecule has 0 aliphatic carbocycles. The first-order valence-corrected chi connectivity index (χ1v) is 5.06. The fourth-order valence-corrected chi connectivity index (χ4v) is 1.21. The summed E-state index contributed by atoms with van der Waals surface area (Å²) in [4.78, 5) is 0. The summed E-state index contributed by atoms with van der Waals surface area (Å²) in [5.41, 5.74) is 5.79. The summed E-state index contributed by atoms with van der Waals surface area (Å²) in [6, 6.07) is 0.455. The predicted octanol–water partition coefficient (Wildman–Crippen LogP) is 3.66. The van der Waals surface area contributed by atoms with E-state index >= 15 is 0 Å². The standard InChI is InChI=1S/C10H23N.BrH/c1-3-5-6-7-8-9-10(11)4-2;/h10H,3-9,11H2,1-2H3;1H. The van der Waals surface area contributed by atoms with Gasteiger partial charge in [-0.05, 0) is 12.8 Å². The van der Waals surface area contributed by atoms with Crippen molar-refractivity contribution in [2.24, 2.45) is 5.73 Å². The Labute approximate surface area is 87.9 Å². The molecule has 12 heavy (non-hydrogen) atoms. The molecule has 1 unspecified atom stereocenters. The maximum Gasteiger partial charge on any atom is 0.00362 e. The lowest BCUT2D eigenvalue weighted by molar-refractivity contribution is 0.531. The Morgan fingerprint density at radius 2 is 1.58 bits per heavy atom. The molecule has 0 saturated carbocycles. The highest BCUT2D eigenvalue weighted by molar-refractivity contribution is 8.93. The van der Waals surface area contributed by atoms with E-state index in [0.717, 1.165) is 6.42 Å². The van der Waals surface area contributed by atoms with Gasteiger partial charge in [-0.3, -0.25) is 0 Å². The molecule has 1 nitrogen and oxygen atoms in total. The molecule has 0 spiro atoms. The van der Waals surface area contributed by atoms with E-state index in [2.05, 4.69) is 13.8 Å². The third-order valence-corrected chi connectivity index (χ3v) is 2.20. The Balaban J connectivity index is 0. The molecule has 1 atom stereocenters. The van der Waals surface area contributed by atoms with Crippen LogP contribution in [0.25, 0.3) is 0 Å². The summed E-state index contributed by atoms with van der Waals surface area (Å²) >= 11 is 0. The Morgan fingerprint density at radius 1 is 1.00 bits per heavy atom. The second-order valence-electron chi connectivity index (χ2n) is 3.37. The molecule has 0 aromatic rings. The van der Waals surface area contributed by atoms with Gasteiger partial charge < -0.3 is 5.73 Å². The van der Waals surface area contributed by atoms with Crippen LogP contribution in [0.3, 0.4) is 0 Å². The molecule has 0 aliphatic heterocycles. The molecular weight excluding hydrogens is 214 g/mol. The molecule has 0 aromatic carbocycles. The zero-order chi connectivity index (χ0) is 8.53. The van der Waals surface area contributed by atoms with Gasteiger partial charge in [0.05, 0.1) is 0 Å². The highest BCUT2D eigenvalue weighted by Crippen LogP contribution is 2.07. The first kappa shape index (κ1) is 14.9. The Bertz CT molecular complexity index is 76.2. The van der Waals surface area contributed by atoms with E-state index < -0.39 is 0 Å². The maximum atomic E-state index is 5.79. The van der Waals surface area contributed by atoms with E-state index in [4.69, 9.17) is 5.73 Å². The third-order valence-electron chi connectivity index (χ3n) is 2.20. The number of nitrogens with two attached hydrogens (primary N) is 1. The molecule has 76 valence electrons. The minimum Gasteiger partial charge on any atom is -0.328 e. The SMILES string of the molecule is Br.CCCCCCCC(N)CC. The van der Waals surface area contributed by atoms with E-state index in [1.54, 1.807) is 0 Å². The van der Waals surface area contributed by atoms with Gasteiger partial charge in [0.1, 0.15) is 0 Å². The highest BCUT2D eigenvalue weighted by Gasteiger charge is 1.97. The lowest BCUT2D eigenvalue weighted by Crippen LogP contribution is -2.17. The van der Waals surface area contributed by atoms with Crippen molar-refractivity contribution in [3.05, 3.63) is 0 Å². The predicted molar refractivity (Wildman–Crippen MR) is 62.0 cm³/mol. The van der Waals surface area contributed by atoms with Crippen molar-refractivity contribution in [1.29, 1.82) is 0 Å². The van der Waals surface area contributed by atoms with Crippen LogP contribution in [0.4, 0.5) is 0 Å². The number of rotatable bonds is 7. The van der Waals surface area contributed by atoms with Crippen LogP contribution in [0, 0.1) is 0 Å². The zero-order valence-electron chi connectivity index (χ0n) is 8.51. The van der Waals surface area contributed by atoms with Crippen LogP contribution in [-0.2, 0) is 0 Å². The molecule has 0 radical (unpaired) electrons. The van der Waals surface area contributed by atoms with Gasteiger partial charge in [-0.2, -0.15) is 0 Å². The number of hydrogen-bond acceptors (Lipinski definition) is 1. The van der Waals surface area contributed by atoms with Crippen LogP contribution >= 0.6 is 17.0 Å². The average Bonchev–Trinajstić information content (AvgIpc) is 2.04. The Kier molecular flexibility index (Phi) is 14.2. The van der Waals surface area contributed by atoms with Crippen LogP contribution in [0.2, 0.25) is 0 Å². The van der Waals surface area contributed by atoms with E-state index in [1.165, 1.54) is 38.5 Å². The first-order chi connectivity index (χ1) is 5.31. The van der Waals surface area contributed by atoms with Gasteiger partial charge in [-0.1, -0.05) is 46.0 Å². The summed E-state index contributed by atoms with van der Waals surface area (Å²) in [5, 5.41) is 0. The van der Waals surface area contributed by atoms with Gasteiger partial charge in [0.2, 0.25) is 0 Å². The monoisotopic (exact) mass is 237 g/mol. The van der Waals surface area contributed by atoms with Crippen molar-refractivity contribution in [3.8, 4) is 0 Å². The van der Waals surface area contributed by atoms with E-state index in [1.807, 2.05) is 0 Å². The lowest BCUT2D eigenvalue weighted by Gasteiger charge is -2.06. The van der Waals surface area contributed by atoms with Crippen molar-refractivity contribution in [2.45, 2.75) is 64.8 Å². The second-order valence-corrected chi connectivity index (χ2v) is 3.37. The Hall–Kier alpha value is 0.440. The summed E-state index contributed by atoms with van der Waals surface area (Å²) in [7, 11) is 0. The summed E-state index contributed by atoms with van der Waals surface area (Å²) in [6.07, 6.45) is 9.18. The van der Waals surface area contributed by atoms with E-state index in [-0.39, 0.29) is 17.0 Å². The molecular formula is C10H24BrN. The van der Waals surface area contributed by atoms with Crippen molar-refractivity contribution in [2.75, 3.05) is 0 Å². The summed E-state index contributed by atoms with van der Waals surface area (Å²) < 4.78 is 0. The molecule has 0 amide bonds. The Morgan fingerprint density at radius 3 is 2.08 bits per heavy atom. The zero-order valence-corrected chi connectivity index (χ0v) is 10.2. The van der Waals surface area contributed by atoms with Crippen LogP contribution in [0.5, 0.6) is 0 Å². The van der Waals surface area contributed by atoms with Gasteiger partial charge in [0, 0.05) is 6.04 Å². The summed E-state index contributed by atoms with van der Waals surface area (Å²) in [6.45, 7) is 4.41. The smallest absolute Gasteiger partial charge is 0.00362 e. The largest absolute Gasteiger partial charge is 0.328 e. The third kappa shape index (κ3) is 10.4. The first-order valence-electron chi connectivity index (χ1n) is 5.06. The van der Waals surface area contributed by atoms with Gasteiger partial charge in [-0.15, -0.1) is 17.0 Å². The van der Waals surface area contributed by atoms with Crippen molar-refractivity contribution < 1.29 is 0 Å².